The number of likely N-dealkylation sites (N-methyl/N-ethyl adjacent to an activating group) is 1. The maximum absolute atomic E-state index is 4.92. The molecule has 0 radical (unpaired) electrons. The minimum Gasteiger partial charge on any atom is -0.357 e. The van der Waals surface area contributed by atoms with Crippen LogP contribution in [-0.4, -0.2) is 73.6 Å². The van der Waals surface area contributed by atoms with Gasteiger partial charge < -0.3 is 20.0 Å². The SMILES string of the molecule is CCNC(=NCc1ccnc(N2CCN(C)CC2)c1)N1CCCC(C)C1.I. The Labute approximate surface area is 181 Å². The standard InChI is InChI=1S/C20H34N6.HI/c1-4-21-20(26-9-5-6-17(2)16-26)23-15-18-7-8-22-19(14-18)25-12-10-24(3)11-13-25;/h7-8,14,17H,4-6,9-13,15-16H2,1-3H3,(H,21,23);1H. The fourth-order valence-electron chi connectivity index (χ4n) is 3.74. The summed E-state index contributed by atoms with van der Waals surface area (Å²) in [4.78, 5) is 16.7. The molecule has 27 heavy (non-hydrogen) atoms. The third kappa shape index (κ3) is 6.48. The summed E-state index contributed by atoms with van der Waals surface area (Å²) in [5.41, 5.74) is 1.23. The maximum Gasteiger partial charge on any atom is 0.194 e. The molecule has 3 rings (SSSR count). The smallest absolute Gasteiger partial charge is 0.194 e. The second-order valence-electron chi connectivity index (χ2n) is 7.68. The van der Waals surface area contributed by atoms with E-state index < -0.39 is 0 Å². The summed E-state index contributed by atoms with van der Waals surface area (Å²) in [6, 6.07) is 4.29. The lowest BCUT2D eigenvalue weighted by Gasteiger charge is -2.34. The normalized spacial score (nSPS) is 21.7. The number of hydrogen-bond donors (Lipinski definition) is 1. The van der Waals surface area contributed by atoms with Crippen molar-refractivity contribution in [2.45, 2.75) is 33.2 Å². The number of anilines is 1. The van der Waals surface area contributed by atoms with Crippen LogP contribution >= 0.6 is 24.0 Å². The highest BCUT2D eigenvalue weighted by Gasteiger charge is 2.19. The molecular formula is C20H35IN6. The van der Waals surface area contributed by atoms with E-state index in [1.54, 1.807) is 0 Å². The lowest BCUT2D eigenvalue weighted by atomic mass is 10.0. The van der Waals surface area contributed by atoms with Crippen molar-refractivity contribution in [3.63, 3.8) is 0 Å². The molecule has 1 aromatic heterocycles. The van der Waals surface area contributed by atoms with E-state index in [1.807, 2.05) is 6.20 Å². The van der Waals surface area contributed by atoms with Crippen LogP contribution in [-0.2, 0) is 6.54 Å². The first-order valence-corrected chi connectivity index (χ1v) is 10.1. The molecule has 0 spiro atoms. The van der Waals surface area contributed by atoms with Crippen molar-refractivity contribution in [3.05, 3.63) is 23.9 Å². The van der Waals surface area contributed by atoms with Crippen LogP contribution in [0.1, 0.15) is 32.3 Å². The number of pyridine rings is 1. The average molecular weight is 486 g/mol. The number of nitrogens with one attached hydrogen (secondary N) is 1. The summed E-state index contributed by atoms with van der Waals surface area (Å²) in [6.07, 6.45) is 4.51. The molecule has 7 heteroatoms. The topological polar surface area (TPSA) is 47.0 Å². The van der Waals surface area contributed by atoms with E-state index in [1.165, 1.54) is 18.4 Å². The number of piperidine rings is 1. The second kappa shape index (κ2) is 11.0. The number of aliphatic imine (C=N–C) groups is 1. The fourth-order valence-corrected chi connectivity index (χ4v) is 3.74. The molecule has 6 nitrogen and oxygen atoms in total. The van der Waals surface area contributed by atoms with Gasteiger partial charge in [0.15, 0.2) is 5.96 Å². The fraction of sp³-hybridized carbons (Fsp3) is 0.700. The summed E-state index contributed by atoms with van der Waals surface area (Å²) in [5.74, 6) is 2.89. The van der Waals surface area contributed by atoms with E-state index in [-0.39, 0.29) is 24.0 Å². The van der Waals surface area contributed by atoms with Crippen LogP contribution in [0.5, 0.6) is 0 Å². The van der Waals surface area contributed by atoms with Crippen LogP contribution in [0.25, 0.3) is 0 Å². The van der Waals surface area contributed by atoms with E-state index >= 15 is 0 Å². The van der Waals surface area contributed by atoms with Crippen LogP contribution in [0.4, 0.5) is 5.82 Å². The van der Waals surface area contributed by atoms with Crippen molar-refractivity contribution in [3.8, 4) is 0 Å². The van der Waals surface area contributed by atoms with E-state index in [4.69, 9.17) is 4.99 Å². The zero-order valence-electron chi connectivity index (χ0n) is 17.0. The lowest BCUT2D eigenvalue weighted by Crippen LogP contribution is -2.46. The quantitative estimate of drug-likeness (QED) is 0.403. The molecule has 2 aliphatic heterocycles. The molecule has 152 valence electrons. The molecule has 1 aromatic rings. The minimum absolute atomic E-state index is 0. The van der Waals surface area contributed by atoms with Crippen molar-refractivity contribution in [1.82, 2.24) is 20.1 Å². The van der Waals surface area contributed by atoms with Gasteiger partial charge in [-0.1, -0.05) is 6.92 Å². The zero-order chi connectivity index (χ0) is 18.4. The van der Waals surface area contributed by atoms with Crippen LogP contribution in [0.3, 0.4) is 0 Å². The Hall–Kier alpha value is -1.09. The summed E-state index contributed by atoms with van der Waals surface area (Å²) in [6.45, 7) is 12.6. The van der Waals surface area contributed by atoms with E-state index in [0.29, 0.717) is 6.54 Å². The average Bonchev–Trinajstić information content (AvgIpc) is 2.66. The Kier molecular flexibility index (Phi) is 9.08. The summed E-state index contributed by atoms with van der Waals surface area (Å²) in [5, 5.41) is 3.47. The molecule has 3 heterocycles. The highest BCUT2D eigenvalue weighted by atomic mass is 127. The predicted molar refractivity (Wildman–Crippen MR) is 124 cm³/mol. The molecule has 2 saturated heterocycles. The van der Waals surface area contributed by atoms with Crippen molar-refractivity contribution < 1.29 is 0 Å². The number of hydrogen-bond acceptors (Lipinski definition) is 4. The van der Waals surface area contributed by atoms with Gasteiger partial charge in [0.2, 0.25) is 0 Å². The van der Waals surface area contributed by atoms with Crippen molar-refractivity contribution in [2.24, 2.45) is 10.9 Å². The number of rotatable bonds is 4. The van der Waals surface area contributed by atoms with Crippen molar-refractivity contribution >= 4 is 35.8 Å². The first-order valence-electron chi connectivity index (χ1n) is 10.1. The van der Waals surface area contributed by atoms with E-state index in [2.05, 4.69) is 58.0 Å². The van der Waals surface area contributed by atoms with Crippen LogP contribution in [0.2, 0.25) is 0 Å². The first kappa shape index (κ1) is 22.2. The summed E-state index contributed by atoms with van der Waals surface area (Å²) in [7, 11) is 2.18. The maximum atomic E-state index is 4.92. The molecule has 2 fully saturated rings. The van der Waals surface area contributed by atoms with E-state index in [0.717, 1.165) is 63.5 Å². The molecule has 1 atom stereocenters. The molecule has 0 aromatic carbocycles. The largest absolute Gasteiger partial charge is 0.357 e. The number of nitrogens with zero attached hydrogens (tertiary/aromatic N) is 5. The Morgan fingerprint density at radius 3 is 2.74 bits per heavy atom. The Bertz CT molecular complexity index is 600. The number of likely N-dealkylation sites (tertiary alicyclic amines) is 1. The summed E-state index contributed by atoms with van der Waals surface area (Å²) >= 11 is 0. The summed E-state index contributed by atoms with van der Waals surface area (Å²) < 4.78 is 0. The van der Waals surface area contributed by atoms with Gasteiger partial charge in [-0.2, -0.15) is 0 Å². The first-order chi connectivity index (χ1) is 12.7. The predicted octanol–water partition coefficient (Wildman–Crippen LogP) is 2.65. The van der Waals surface area contributed by atoms with Crippen LogP contribution in [0.15, 0.2) is 23.3 Å². The van der Waals surface area contributed by atoms with Crippen molar-refractivity contribution in [1.29, 1.82) is 0 Å². The molecule has 2 aliphatic rings. The van der Waals surface area contributed by atoms with Gasteiger partial charge in [0.25, 0.3) is 0 Å². The van der Waals surface area contributed by atoms with Gasteiger partial charge in [0, 0.05) is 52.0 Å². The van der Waals surface area contributed by atoms with E-state index in [9.17, 15) is 0 Å². The Morgan fingerprint density at radius 1 is 1.26 bits per heavy atom. The second-order valence-corrected chi connectivity index (χ2v) is 7.68. The third-order valence-corrected chi connectivity index (χ3v) is 5.34. The number of halogens is 1. The van der Waals surface area contributed by atoms with Crippen LogP contribution in [0, 0.1) is 5.92 Å². The highest BCUT2D eigenvalue weighted by Crippen LogP contribution is 2.17. The van der Waals surface area contributed by atoms with Gasteiger partial charge in [0.05, 0.1) is 6.54 Å². The van der Waals surface area contributed by atoms with Crippen LogP contribution < -0.4 is 10.2 Å². The monoisotopic (exact) mass is 486 g/mol. The molecule has 0 aliphatic carbocycles. The van der Waals surface area contributed by atoms with Gasteiger partial charge in [0.1, 0.15) is 5.82 Å². The Balaban J connectivity index is 0.00000261. The lowest BCUT2D eigenvalue weighted by molar-refractivity contribution is 0.266. The molecule has 0 amide bonds. The van der Waals surface area contributed by atoms with Gasteiger partial charge >= 0.3 is 0 Å². The third-order valence-electron chi connectivity index (χ3n) is 5.34. The van der Waals surface area contributed by atoms with Gasteiger partial charge in [-0.25, -0.2) is 9.98 Å². The zero-order valence-corrected chi connectivity index (χ0v) is 19.4. The number of guanidine groups is 1. The number of aromatic nitrogens is 1. The molecular weight excluding hydrogens is 451 g/mol. The molecule has 0 bridgehead atoms. The molecule has 0 saturated carbocycles. The molecule has 1 N–H and O–H groups in total. The minimum atomic E-state index is 0. The molecule has 1 unspecified atom stereocenters. The van der Waals surface area contributed by atoms with Crippen molar-refractivity contribution in [2.75, 3.05) is 57.8 Å². The van der Waals surface area contributed by atoms with Gasteiger partial charge in [-0.15, -0.1) is 24.0 Å². The highest BCUT2D eigenvalue weighted by molar-refractivity contribution is 14.0. The number of piperazine rings is 1. The Morgan fingerprint density at radius 2 is 2.04 bits per heavy atom. The van der Waals surface area contributed by atoms with Gasteiger partial charge in [-0.3, -0.25) is 0 Å². The van der Waals surface area contributed by atoms with Gasteiger partial charge in [-0.05, 0) is 50.4 Å².